The highest BCUT2D eigenvalue weighted by atomic mass is 16.5. The molecule has 0 bridgehead atoms. The summed E-state index contributed by atoms with van der Waals surface area (Å²) in [5, 5.41) is 13.9. The van der Waals surface area contributed by atoms with Gasteiger partial charge in [0.25, 0.3) is 0 Å². The highest BCUT2D eigenvalue weighted by Gasteiger charge is 2.06. The van der Waals surface area contributed by atoms with Crippen molar-refractivity contribution in [3.05, 3.63) is 66.6 Å². The van der Waals surface area contributed by atoms with Crippen LogP contribution >= 0.6 is 0 Å². The Kier molecular flexibility index (Phi) is 5.70. The Morgan fingerprint density at radius 2 is 1.77 bits per heavy atom. The monoisotopic (exact) mass is 406 g/mol. The third kappa shape index (κ3) is 4.63. The molecule has 7 nitrogen and oxygen atoms in total. The second kappa shape index (κ2) is 8.73. The SMILES string of the molecule is Cc1cc(-c2ccc(OCCCOc3ccc4c(ccn4CC(=O)O)c3)cc2)no1. The van der Waals surface area contributed by atoms with Crippen LogP contribution in [0.5, 0.6) is 11.5 Å². The number of hydrogen-bond donors (Lipinski definition) is 1. The van der Waals surface area contributed by atoms with Crippen LogP contribution in [0.15, 0.2) is 65.3 Å². The first-order chi connectivity index (χ1) is 14.6. The Morgan fingerprint density at radius 1 is 1.03 bits per heavy atom. The van der Waals surface area contributed by atoms with Crippen molar-refractivity contribution < 1.29 is 23.9 Å². The van der Waals surface area contributed by atoms with Crippen LogP contribution in [0.1, 0.15) is 12.2 Å². The fraction of sp³-hybridized carbons (Fsp3) is 0.217. The number of aliphatic carboxylic acids is 1. The molecule has 1 N–H and O–H groups in total. The van der Waals surface area contributed by atoms with E-state index in [1.807, 2.05) is 61.5 Å². The number of aromatic nitrogens is 2. The third-order valence-corrected chi connectivity index (χ3v) is 4.65. The topological polar surface area (TPSA) is 86.7 Å². The van der Waals surface area contributed by atoms with Crippen molar-refractivity contribution >= 4 is 16.9 Å². The molecule has 2 aromatic heterocycles. The number of rotatable bonds is 9. The van der Waals surface area contributed by atoms with E-state index in [9.17, 15) is 4.79 Å². The first kappa shape index (κ1) is 19.6. The van der Waals surface area contributed by atoms with Gasteiger partial charge < -0.3 is 23.7 Å². The fourth-order valence-electron chi connectivity index (χ4n) is 3.21. The quantitative estimate of drug-likeness (QED) is 0.411. The minimum absolute atomic E-state index is 0.0553. The maximum atomic E-state index is 10.9. The molecule has 0 aliphatic heterocycles. The van der Waals surface area contributed by atoms with Gasteiger partial charge in [0.2, 0.25) is 0 Å². The van der Waals surface area contributed by atoms with Crippen LogP contribution in [0.4, 0.5) is 0 Å². The molecule has 154 valence electrons. The summed E-state index contributed by atoms with van der Waals surface area (Å²) < 4.78 is 18.4. The molecule has 0 radical (unpaired) electrons. The van der Waals surface area contributed by atoms with Crippen LogP contribution in [0.2, 0.25) is 0 Å². The van der Waals surface area contributed by atoms with Crippen LogP contribution in [-0.2, 0) is 11.3 Å². The smallest absolute Gasteiger partial charge is 0.323 e. The van der Waals surface area contributed by atoms with E-state index in [1.54, 1.807) is 10.8 Å². The molecule has 7 heteroatoms. The van der Waals surface area contributed by atoms with Crippen LogP contribution in [0, 0.1) is 6.92 Å². The van der Waals surface area contributed by atoms with Gasteiger partial charge in [-0.1, -0.05) is 5.16 Å². The molecule has 30 heavy (non-hydrogen) atoms. The molecular formula is C23H22N2O5. The van der Waals surface area contributed by atoms with Crippen LogP contribution in [-0.4, -0.2) is 34.0 Å². The summed E-state index contributed by atoms with van der Waals surface area (Å²) in [6, 6.07) is 17.2. The lowest BCUT2D eigenvalue weighted by molar-refractivity contribution is -0.137. The average Bonchev–Trinajstić information content (AvgIpc) is 3.34. The number of carboxylic acids is 1. The van der Waals surface area contributed by atoms with E-state index < -0.39 is 5.97 Å². The van der Waals surface area contributed by atoms with Gasteiger partial charge in [-0.3, -0.25) is 4.79 Å². The molecule has 2 heterocycles. The average molecular weight is 406 g/mol. The molecule has 2 aromatic carbocycles. The molecule has 0 saturated carbocycles. The zero-order valence-electron chi connectivity index (χ0n) is 16.6. The van der Waals surface area contributed by atoms with Crippen LogP contribution in [0.25, 0.3) is 22.2 Å². The van der Waals surface area contributed by atoms with Crippen molar-refractivity contribution in [3.8, 4) is 22.8 Å². The van der Waals surface area contributed by atoms with Gasteiger partial charge in [-0.25, -0.2) is 0 Å². The van der Waals surface area contributed by atoms with E-state index in [4.69, 9.17) is 19.1 Å². The van der Waals surface area contributed by atoms with E-state index in [1.165, 1.54) is 0 Å². The maximum Gasteiger partial charge on any atom is 0.323 e. The second-order valence-corrected chi connectivity index (χ2v) is 6.96. The van der Waals surface area contributed by atoms with Gasteiger partial charge in [0.15, 0.2) is 0 Å². The minimum atomic E-state index is -0.865. The molecule has 0 spiro atoms. The maximum absolute atomic E-state index is 10.9. The molecule has 0 saturated heterocycles. The minimum Gasteiger partial charge on any atom is -0.493 e. The first-order valence-electron chi connectivity index (χ1n) is 9.68. The summed E-state index contributed by atoms with van der Waals surface area (Å²) in [7, 11) is 0. The molecule has 0 unspecified atom stereocenters. The molecule has 0 aliphatic rings. The number of carboxylic acid groups (broad SMARTS) is 1. The Hall–Kier alpha value is -3.74. The van der Waals surface area contributed by atoms with Crippen molar-refractivity contribution in [2.45, 2.75) is 19.9 Å². The molecule has 4 aromatic rings. The Bertz CT molecular complexity index is 1140. The number of fused-ring (bicyclic) bond motifs is 1. The predicted molar refractivity (Wildman–Crippen MR) is 112 cm³/mol. The number of hydrogen-bond acceptors (Lipinski definition) is 5. The lowest BCUT2D eigenvalue weighted by atomic mass is 10.1. The predicted octanol–water partition coefficient (Wildman–Crippen LogP) is 4.54. The zero-order chi connectivity index (χ0) is 20.9. The lowest BCUT2D eigenvalue weighted by Crippen LogP contribution is -2.07. The van der Waals surface area contributed by atoms with Gasteiger partial charge in [-0.2, -0.15) is 0 Å². The number of carbonyl (C=O) groups is 1. The van der Waals surface area contributed by atoms with E-state index in [-0.39, 0.29) is 6.54 Å². The number of aryl methyl sites for hydroxylation is 1. The van der Waals surface area contributed by atoms with Crippen molar-refractivity contribution in [2.24, 2.45) is 0 Å². The normalized spacial score (nSPS) is 11.0. The summed E-state index contributed by atoms with van der Waals surface area (Å²) in [6.45, 7) is 2.88. The standard InChI is InChI=1S/C23H22N2O5/c1-16-13-21(24-30-16)17-3-5-19(6-4-17)28-11-2-12-29-20-7-8-22-18(14-20)9-10-25(22)15-23(26)27/h3-10,13-14H,2,11-12,15H2,1H3,(H,26,27). The summed E-state index contributed by atoms with van der Waals surface area (Å²) in [5.74, 6) is 1.46. The summed E-state index contributed by atoms with van der Waals surface area (Å²) >= 11 is 0. The fourth-order valence-corrected chi connectivity index (χ4v) is 3.21. The van der Waals surface area contributed by atoms with Gasteiger partial charge in [-0.15, -0.1) is 0 Å². The van der Waals surface area contributed by atoms with Gasteiger partial charge in [0, 0.05) is 35.2 Å². The van der Waals surface area contributed by atoms with Gasteiger partial charge >= 0.3 is 5.97 Å². The highest BCUT2D eigenvalue weighted by Crippen LogP contribution is 2.23. The van der Waals surface area contributed by atoms with Crippen molar-refractivity contribution in [1.29, 1.82) is 0 Å². The van der Waals surface area contributed by atoms with Crippen LogP contribution < -0.4 is 9.47 Å². The first-order valence-corrected chi connectivity index (χ1v) is 9.68. The van der Waals surface area contributed by atoms with Gasteiger partial charge in [-0.05, 0) is 55.5 Å². The van der Waals surface area contributed by atoms with E-state index in [2.05, 4.69) is 5.16 Å². The Morgan fingerprint density at radius 3 is 2.47 bits per heavy atom. The molecule has 0 amide bonds. The lowest BCUT2D eigenvalue weighted by Gasteiger charge is -2.09. The molecular weight excluding hydrogens is 384 g/mol. The third-order valence-electron chi connectivity index (χ3n) is 4.65. The summed E-state index contributed by atoms with van der Waals surface area (Å²) in [4.78, 5) is 10.9. The molecule has 4 rings (SSSR count). The van der Waals surface area contributed by atoms with Crippen molar-refractivity contribution in [1.82, 2.24) is 9.72 Å². The van der Waals surface area contributed by atoms with Crippen molar-refractivity contribution in [2.75, 3.05) is 13.2 Å². The largest absolute Gasteiger partial charge is 0.493 e. The van der Waals surface area contributed by atoms with E-state index >= 15 is 0 Å². The van der Waals surface area contributed by atoms with Crippen LogP contribution in [0.3, 0.4) is 0 Å². The summed E-state index contributed by atoms with van der Waals surface area (Å²) in [5.41, 5.74) is 2.66. The van der Waals surface area contributed by atoms with Crippen molar-refractivity contribution in [3.63, 3.8) is 0 Å². The van der Waals surface area contributed by atoms with Gasteiger partial charge in [0.05, 0.1) is 13.2 Å². The Labute approximate surface area is 173 Å². The molecule has 0 atom stereocenters. The number of benzene rings is 2. The number of nitrogens with zero attached hydrogens (tertiary/aromatic N) is 2. The van der Waals surface area contributed by atoms with E-state index in [0.29, 0.717) is 13.2 Å². The Balaban J connectivity index is 1.24. The molecule has 0 aliphatic carbocycles. The van der Waals surface area contributed by atoms with E-state index in [0.717, 1.165) is 45.8 Å². The summed E-state index contributed by atoms with van der Waals surface area (Å²) in [6.07, 6.45) is 2.51. The second-order valence-electron chi connectivity index (χ2n) is 6.96. The van der Waals surface area contributed by atoms with Gasteiger partial charge in [0.1, 0.15) is 29.5 Å². The number of ether oxygens (including phenoxy) is 2. The molecule has 0 fully saturated rings. The zero-order valence-corrected chi connectivity index (χ0v) is 16.6. The highest BCUT2D eigenvalue weighted by molar-refractivity contribution is 5.83.